The molecule has 2 aromatic carbocycles. The lowest BCUT2D eigenvalue weighted by molar-refractivity contribution is -0.148. The molecule has 13 nitrogen and oxygen atoms in total. The number of alkyl carbamates (subject to hydrolysis) is 1. The van der Waals surface area contributed by atoms with Crippen molar-refractivity contribution in [2.75, 3.05) is 38.3 Å². The molecule has 4 heterocycles. The Morgan fingerprint density at radius 1 is 1.05 bits per heavy atom. The Morgan fingerprint density at radius 2 is 1.85 bits per heavy atom. The van der Waals surface area contributed by atoms with Gasteiger partial charge in [-0.25, -0.2) is 10.2 Å². The van der Waals surface area contributed by atoms with Gasteiger partial charge in [0, 0.05) is 68.2 Å². The Labute approximate surface area is 347 Å². The zero-order chi connectivity index (χ0) is 41.8. The van der Waals surface area contributed by atoms with Crippen molar-refractivity contribution in [1.29, 1.82) is 0 Å². The molecule has 2 amide bonds. The smallest absolute Gasteiger partial charge is 0.408 e. The standard InChI is InChI=1S/C46H60N6O7/c1-6-51-40-19-18-33(23-35(40)36(24-46(3,4)28-53)42(51)34-14-10-20-47-41(34)29(2)58-5)50-25-32-17-16-31(37(32)26-50)22-39(43(54)52-21-11-15-38(49-52)44(55)56)48-45(57)59-27-30-12-8-7-9-13-30/h7-10,12-14,18-20,23,29,31-32,37-39,49,53H,6,11,15-17,21-22,24-28H2,1-5H3,(H,48,57)(H,55,56)/t29-,31+,32+,37+,38-,39-/m0/s1. The molecule has 1 saturated carbocycles. The number of methoxy groups -OCH3 is 1. The molecule has 0 spiro atoms. The Bertz CT molecular complexity index is 2120. The summed E-state index contributed by atoms with van der Waals surface area (Å²) in [6.07, 6.45) is 4.96. The summed E-state index contributed by atoms with van der Waals surface area (Å²) in [7, 11) is 1.70. The molecular formula is C46H60N6O7. The molecular weight excluding hydrogens is 749 g/mol. The number of aliphatic carboxylic acids is 1. The molecule has 2 saturated heterocycles. The zero-order valence-electron chi connectivity index (χ0n) is 35.0. The number of hydrogen-bond acceptors (Lipinski definition) is 9. The number of amides is 2. The number of fused-ring (bicyclic) bond motifs is 2. The molecule has 2 aromatic heterocycles. The minimum atomic E-state index is -1.01. The third-order valence-corrected chi connectivity index (χ3v) is 12.8. The predicted octanol–water partition coefficient (Wildman–Crippen LogP) is 6.72. The number of aryl methyl sites for hydroxylation is 1. The van der Waals surface area contributed by atoms with Crippen molar-refractivity contribution in [3.63, 3.8) is 0 Å². The van der Waals surface area contributed by atoms with Crippen LogP contribution in [0.2, 0.25) is 0 Å². The third kappa shape index (κ3) is 9.12. The highest BCUT2D eigenvalue weighted by molar-refractivity contribution is 5.94. The van der Waals surface area contributed by atoms with Crippen LogP contribution in [0.5, 0.6) is 0 Å². The summed E-state index contributed by atoms with van der Waals surface area (Å²) in [5.41, 5.74) is 9.83. The van der Waals surface area contributed by atoms with Gasteiger partial charge in [-0.05, 0) is 117 Å². The monoisotopic (exact) mass is 808 g/mol. The lowest BCUT2D eigenvalue weighted by Gasteiger charge is -2.35. The number of aliphatic hydroxyl groups excluding tert-OH is 1. The fourth-order valence-electron chi connectivity index (χ4n) is 9.64. The molecule has 6 atom stereocenters. The lowest BCUT2D eigenvalue weighted by Crippen LogP contribution is -2.60. The fourth-order valence-corrected chi connectivity index (χ4v) is 9.64. The highest BCUT2D eigenvalue weighted by Gasteiger charge is 2.45. The summed E-state index contributed by atoms with van der Waals surface area (Å²) in [5.74, 6) is -0.453. The van der Waals surface area contributed by atoms with Gasteiger partial charge in [0.2, 0.25) is 0 Å². The fraction of sp³-hybridized carbons (Fsp3) is 0.522. The minimum absolute atomic E-state index is 0.0488. The summed E-state index contributed by atoms with van der Waals surface area (Å²) in [6, 6.07) is 18.5. The van der Waals surface area contributed by atoms with Gasteiger partial charge in [-0.15, -0.1) is 0 Å². The first kappa shape index (κ1) is 42.2. The van der Waals surface area contributed by atoms with Gasteiger partial charge in [-0.1, -0.05) is 44.2 Å². The van der Waals surface area contributed by atoms with Crippen molar-refractivity contribution in [3.8, 4) is 11.3 Å². The van der Waals surface area contributed by atoms with Crippen molar-refractivity contribution in [1.82, 2.24) is 25.3 Å². The van der Waals surface area contributed by atoms with E-state index in [1.807, 2.05) is 49.5 Å². The third-order valence-electron chi connectivity index (χ3n) is 12.8. The van der Waals surface area contributed by atoms with Crippen LogP contribution in [0.1, 0.15) is 82.7 Å². The number of carboxylic acids is 1. The van der Waals surface area contributed by atoms with E-state index in [4.69, 9.17) is 14.5 Å². The largest absolute Gasteiger partial charge is 0.480 e. The van der Waals surface area contributed by atoms with Crippen LogP contribution < -0.4 is 15.6 Å². The second kappa shape index (κ2) is 18.1. The molecule has 0 unspecified atom stereocenters. The molecule has 2 aliphatic heterocycles. The molecule has 13 heteroatoms. The van der Waals surface area contributed by atoms with Crippen molar-refractivity contribution < 1.29 is 34.1 Å². The number of carbonyl (C=O) groups is 3. The number of ether oxygens (including phenoxy) is 2. The number of carboxylic acid groups (broad SMARTS) is 1. The van der Waals surface area contributed by atoms with E-state index >= 15 is 0 Å². The van der Waals surface area contributed by atoms with E-state index in [0.717, 1.165) is 71.6 Å². The first-order valence-electron chi connectivity index (χ1n) is 21.2. The summed E-state index contributed by atoms with van der Waals surface area (Å²) in [5, 5.41) is 25.6. The van der Waals surface area contributed by atoms with Crippen LogP contribution >= 0.6 is 0 Å². The van der Waals surface area contributed by atoms with Crippen molar-refractivity contribution in [2.24, 2.45) is 23.2 Å². The minimum Gasteiger partial charge on any atom is -0.480 e. The van der Waals surface area contributed by atoms with Crippen molar-refractivity contribution in [2.45, 2.75) is 97.6 Å². The quantitative estimate of drug-likeness (QED) is 0.102. The number of pyridine rings is 1. The molecule has 3 fully saturated rings. The molecule has 1 aliphatic carbocycles. The second-order valence-electron chi connectivity index (χ2n) is 17.4. The van der Waals surface area contributed by atoms with Gasteiger partial charge in [0.25, 0.3) is 5.91 Å². The molecule has 4 aromatic rings. The first-order chi connectivity index (χ1) is 28.4. The number of aliphatic hydroxyl groups is 1. The molecule has 59 heavy (non-hydrogen) atoms. The van der Waals surface area contributed by atoms with Crippen LogP contribution in [0.4, 0.5) is 10.5 Å². The summed E-state index contributed by atoms with van der Waals surface area (Å²) < 4.78 is 13.7. The van der Waals surface area contributed by atoms with E-state index in [1.54, 1.807) is 7.11 Å². The molecule has 0 bridgehead atoms. The van der Waals surface area contributed by atoms with E-state index in [-0.39, 0.29) is 36.6 Å². The Balaban J connectivity index is 1.15. The maximum Gasteiger partial charge on any atom is 0.408 e. The van der Waals surface area contributed by atoms with Gasteiger partial charge < -0.3 is 34.5 Å². The van der Waals surface area contributed by atoms with Crippen LogP contribution in [0.15, 0.2) is 66.9 Å². The number of aromatic nitrogens is 2. The van der Waals surface area contributed by atoms with Crippen LogP contribution in [-0.4, -0.2) is 88.2 Å². The van der Waals surface area contributed by atoms with Crippen molar-refractivity contribution >= 4 is 34.6 Å². The van der Waals surface area contributed by atoms with Gasteiger partial charge in [-0.3, -0.25) is 19.6 Å². The summed E-state index contributed by atoms with van der Waals surface area (Å²) in [6.45, 7) is 11.3. The highest BCUT2D eigenvalue weighted by Crippen LogP contribution is 2.47. The molecule has 316 valence electrons. The van der Waals surface area contributed by atoms with Crippen molar-refractivity contribution in [3.05, 3.63) is 83.7 Å². The van der Waals surface area contributed by atoms with E-state index < -0.39 is 24.1 Å². The number of anilines is 1. The number of carbonyl (C=O) groups excluding carboxylic acids is 2. The van der Waals surface area contributed by atoms with Gasteiger partial charge >= 0.3 is 12.1 Å². The number of hydrazine groups is 1. The Hall–Kier alpha value is -4.98. The number of nitrogens with one attached hydrogen (secondary N) is 2. The van der Waals surface area contributed by atoms with Crippen LogP contribution in [-0.2, 0) is 38.6 Å². The molecule has 4 N–H and O–H groups in total. The van der Waals surface area contributed by atoms with Crippen LogP contribution in [0, 0.1) is 23.2 Å². The topological polar surface area (TPSA) is 158 Å². The van der Waals surface area contributed by atoms with Crippen LogP contribution in [0.3, 0.4) is 0 Å². The number of nitrogens with zero attached hydrogens (tertiary/aromatic N) is 4. The van der Waals surface area contributed by atoms with E-state index in [9.17, 15) is 24.6 Å². The SMILES string of the molecule is CCn1c(-c2cccnc2[C@H](C)OC)c(CC(C)(C)CO)c2cc(N3C[C@H]4CC[C@H](C[C@H](NC(=O)OCc5ccccc5)C(=O)N5CCC[C@@H](C(=O)O)N5)[C@H]4C3)ccc21. The average molecular weight is 809 g/mol. The van der Waals surface area contributed by atoms with Gasteiger partial charge in [0.05, 0.1) is 17.5 Å². The molecule has 3 aliphatic rings. The van der Waals surface area contributed by atoms with Gasteiger partial charge in [0.1, 0.15) is 18.7 Å². The maximum atomic E-state index is 14.1. The zero-order valence-corrected chi connectivity index (χ0v) is 35.0. The Morgan fingerprint density at radius 3 is 2.58 bits per heavy atom. The normalized spacial score (nSPS) is 21.7. The summed E-state index contributed by atoms with van der Waals surface area (Å²) >= 11 is 0. The van der Waals surface area contributed by atoms with E-state index in [0.29, 0.717) is 44.1 Å². The maximum absolute atomic E-state index is 14.1. The Kier molecular flexibility index (Phi) is 12.9. The van der Waals surface area contributed by atoms with Gasteiger partial charge in [0.15, 0.2) is 0 Å². The highest BCUT2D eigenvalue weighted by atomic mass is 16.5. The number of rotatable bonds is 15. The number of benzene rings is 2. The predicted molar refractivity (Wildman–Crippen MR) is 226 cm³/mol. The molecule has 0 radical (unpaired) electrons. The summed E-state index contributed by atoms with van der Waals surface area (Å²) in [4.78, 5) is 46.4. The average Bonchev–Trinajstić information content (AvgIpc) is 3.94. The number of hydrogen-bond donors (Lipinski definition) is 4. The van der Waals surface area contributed by atoms with Crippen LogP contribution in [0.25, 0.3) is 22.2 Å². The van der Waals surface area contributed by atoms with Gasteiger partial charge in [-0.2, -0.15) is 0 Å². The first-order valence-corrected chi connectivity index (χ1v) is 21.2. The lowest BCUT2D eigenvalue weighted by atomic mass is 9.84. The van der Waals surface area contributed by atoms with E-state index in [2.05, 4.69) is 65.2 Å². The second-order valence-corrected chi connectivity index (χ2v) is 17.4. The molecule has 7 rings (SSSR count). The van der Waals surface area contributed by atoms with E-state index in [1.165, 1.54) is 10.6 Å².